The Labute approximate surface area is 252 Å². The number of nitriles is 1. The molecule has 42 heavy (non-hydrogen) atoms. The fourth-order valence-corrected chi connectivity index (χ4v) is 7.02. The molecule has 218 valence electrons. The number of amides is 1. The van der Waals surface area contributed by atoms with Crippen LogP contribution < -0.4 is 9.64 Å². The first-order valence-corrected chi connectivity index (χ1v) is 15.3. The van der Waals surface area contributed by atoms with Gasteiger partial charge in [0, 0.05) is 41.6 Å². The van der Waals surface area contributed by atoms with Crippen LogP contribution in [0.4, 0.5) is 5.82 Å². The van der Waals surface area contributed by atoms with Crippen molar-refractivity contribution < 1.29 is 9.53 Å². The lowest BCUT2D eigenvalue weighted by Crippen LogP contribution is -2.55. The predicted octanol–water partition coefficient (Wildman–Crippen LogP) is 5.42. The average molecular weight is 585 g/mol. The molecule has 9 heteroatoms. The number of anilines is 1. The number of rotatable bonds is 7. The number of nitrogens with zero attached hydrogens (tertiary/aromatic N) is 6. The minimum Gasteiger partial charge on any atom is -0.462 e. The molecular weight excluding hydrogens is 548 g/mol. The van der Waals surface area contributed by atoms with Crippen LogP contribution in [0.2, 0.25) is 5.02 Å². The lowest BCUT2D eigenvalue weighted by Gasteiger charge is -2.41. The maximum atomic E-state index is 12.5. The second-order valence-corrected chi connectivity index (χ2v) is 12.0. The number of likely N-dealkylation sites (tertiary alicyclic amines) is 1. The molecule has 8 nitrogen and oxygen atoms in total. The van der Waals surface area contributed by atoms with Crippen molar-refractivity contribution in [2.45, 2.75) is 57.0 Å². The van der Waals surface area contributed by atoms with E-state index in [1.807, 2.05) is 6.07 Å². The Morgan fingerprint density at radius 3 is 2.79 bits per heavy atom. The maximum Gasteiger partial charge on any atom is 0.319 e. The lowest BCUT2D eigenvalue weighted by atomic mass is 9.86. The summed E-state index contributed by atoms with van der Waals surface area (Å²) in [6, 6.07) is 13.2. The zero-order valence-corrected chi connectivity index (χ0v) is 24.9. The molecule has 0 N–H and O–H groups in total. The highest BCUT2D eigenvalue weighted by Gasteiger charge is 2.32. The highest BCUT2D eigenvalue weighted by atomic mass is 35.5. The van der Waals surface area contributed by atoms with Crippen molar-refractivity contribution in [3.63, 3.8) is 0 Å². The molecule has 0 radical (unpaired) electrons. The molecule has 0 bridgehead atoms. The van der Waals surface area contributed by atoms with Gasteiger partial charge in [0.15, 0.2) is 0 Å². The van der Waals surface area contributed by atoms with Crippen molar-refractivity contribution in [3.8, 4) is 23.2 Å². The Morgan fingerprint density at radius 1 is 1.14 bits per heavy atom. The SMILES string of the molecule is C=CC(=O)N1CCN(c2nc(OCC3CCCN3C)nc3cc(-c4cccc5c4CCCC5)c(Cl)cc23)CC1CC#N. The number of aryl methyl sites for hydroxylation is 1. The van der Waals surface area contributed by atoms with E-state index in [1.54, 1.807) is 4.90 Å². The highest BCUT2D eigenvalue weighted by Crippen LogP contribution is 2.40. The molecule has 2 unspecified atom stereocenters. The van der Waals surface area contributed by atoms with Crippen molar-refractivity contribution in [2.75, 3.05) is 44.7 Å². The van der Waals surface area contributed by atoms with Crippen molar-refractivity contribution in [3.05, 3.63) is 59.1 Å². The van der Waals surface area contributed by atoms with Crippen LogP contribution in [0.3, 0.4) is 0 Å². The van der Waals surface area contributed by atoms with Crippen LogP contribution in [-0.4, -0.2) is 77.6 Å². The van der Waals surface area contributed by atoms with E-state index >= 15 is 0 Å². The first kappa shape index (κ1) is 28.4. The predicted molar refractivity (Wildman–Crippen MR) is 166 cm³/mol. The Morgan fingerprint density at radius 2 is 2.00 bits per heavy atom. The third-order valence-corrected chi connectivity index (χ3v) is 9.39. The number of hydrogen-bond acceptors (Lipinski definition) is 7. The van der Waals surface area contributed by atoms with Gasteiger partial charge in [0.25, 0.3) is 0 Å². The topological polar surface area (TPSA) is 85.6 Å². The molecule has 1 amide bonds. The summed E-state index contributed by atoms with van der Waals surface area (Å²) >= 11 is 7.04. The van der Waals surface area contributed by atoms with Crippen LogP contribution in [0.1, 0.15) is 43.2 Å². The number of fused-ring (bicyclic) bond motifs is 2. The molecule has 0 spiro atoms. The molecule has 2 fully saturated rings. The van der Waals surface area contributed by atoms with Gasteiger partial charge in [-0.05, 0) is 87.0 Å². The molecule has 2 aromatic carbocycles. The van der Waals surface area contributed by atoms with Crippen LogP contribution in [-0.2, 0) is 17.6 Å². The average Bonchev–Trinajstić information content (AvgIpc) is 3.43. The van der Waals surface area contributed by atoms with Gasteiger partial charge in [-0.15, -0.1) is 0 Å². The van der Waals surface area contributed by atoms with Gasteiger partial charge < -0.3 is 19.4 Å². The van der Waals surface area contributed by atoms with Crippen molar-refractivity contribution in [1.29, 1.82) is 5.26 Å². The van der Waals surface area contributed by atoms with Crippen molar-refractivity contribution in [1.82, 2.24) is 19.8 Å². The van der Waals surface area contributed by atoms with Gasteiger partial charge in [-0.1, -0.05) is 36.4 Å². The van der Waals surface area contributed by atoms with E-state index in [4.69, 9.17) is 26.3 Å². The zero-order chi connectivity index (χ0) is 29.2. The summed E-state index contributed by atoms with van der Waals surface area (Å²) in [5.41, 5.74) is 5.68. The number of halogens is 1. The largest absolute Gasteiger partial charge is 0.462 e. The Bertz CT molecular complexity index is 1550. The Balaban J connectivity index is 1.42. The summed E-state index contributed by atoms with van der Waals surface area (Å²) in [5, 5.41) is 11.0. The van der Waals surface area contributed by atoms with E-state index in [-0.39, 0.29) is 18.4 Å². The molecule has 1 aliphatic carbocycles. The summed E-state index contributed by atoms with van der Waals surface area (Å²) < 4.78 is 6.26. The monoisotopic (exact) mass is 584 g/mol. The summed E-state index contributed by atoms with van der Waals surface area (Å²) in [6.45, 7) is 6.72. The molecule has 3 aromatic rings. The molecule has 3 aliphatic rings. The third kappa shape index (κ3) is 5.56. The second-order valence-electron chi connectivity index (χ2n) is 11.6. The molecule has 2 saturated heterocycles. The third-order valence-electron chi connectivity index (χ3n) is 9.07. The van der Waals surface area contributed by atoms with Gasteiger partial charge in [0.1, 0.15) is 12.4 Å². The van der Waals surface area contributed by atoms with Gasteiger partial charge in [-0.25, -0.2) is 0 Å². The lowest BCUT2D eigenvalue weighted by molar-refractivity contribution is -0.128. The van der Waals surface area contributed by atoms with Crippen LogP contribution in [0.5, 0.6) is 6.01 Å². The van der Waals surface area contributed by atoms with Crippen LogP contribution in [0, 0.1) is 11.3 Å². The number of carbonyl (C=O) groups is 1. The van der Waals surface area contributed by atoms with Crippen LogP contribution in [0.25, 0.3) is 22.0 Å². The minimum atomic E-state index is -0.277. The number of benzene rings is 2. The summed E-state index contributed by atoms with van der Waals surface area (Å²) in [4.78, 5) is 28.5. The number of piperazine rings is 1. The van der Waals surface area contributed by atoms with E-state index in [1.165, 1.54) is 35.6 Å². The van der Waals surface area contributed by atoms with Gasteiger partial charge >= 0.3 is 6.01 Å². The number of likely N-dealkylation sites (N-methyl/N-ethyl adjacent to an activating group) is 1. The quantitative estimate of drug-likeness (QED) is 0.343. The first-order valence-electron chi connectivity index (χ1n) is 15.0. The molecule has 1 aromatic heterocycles. The highest BCUT2D eigenvalue weighted by molar-refractivity contribution is 6.34. The zero-order valence-electron chi connectivity index (χ0n) is 24.2. The number of hydrogen-bond donors (Lipinski definition) is 0. The van der Waals surface area contributed by atoms with Gasteiger partial charge in [0.05, 0.1) is 24.0 Å². The van der Waals surface area contributed by atoms with Crippen molar-refractivity contribution >= 4 is 34.2 Å². The number of ether oxygens (including phenoxy) is 1. The molecule has 2 atom stereocenters. The molecule has 2 aliphatic heterocycles. The molecule has 6 rings (SSSR count). The fraction of sp³-hybridized carbons (Fsp3) is 0.455. The van der Waals surface area contributed by atoms with E-state index in [0.717, 1.165) is 48.7 Å². The van der Waals surface area contributed by atoms with Crippen LogP contribution in [0.15, 0.2) is 43.0 Å². The molecular formula is C33H37ClN6O2. The second kappa shape index (κ2) is 12.3. The van der Waals surface area contributed by atoms with E-state index < -0.39 is 0 Å². The normalized spacial score (nSPS) is 20.8. The Hall–Kier alpha value is -3.67. The van der Waals surface area contributed by atoms with E-state index in [2.05, 4.69) is 53.8 Å². The van der Waals surface area contributed by atoms with Gasteiger partial charge in [-0.2, -0.15) is 15.2 Å². The fourth-order valence-electron chi connectivity index (χ4n) is 6.75. The summed E-state index contributed by atoms with van der Waals surface area (Å²) in [5.74, 6) is 0.554. The number of carbonyl (C=O) groups excluding carboxylic acids is 1. The van der Waals surface area contributed by atoms with Crippen LogP contribution >= 0.6 is 11.6 Å². The minimum absolute atomic E-state index is 0.161. The van der Waals surface area contributed by atoms with E-state index in [0.29, 0.717) is 49.1 Å². The van der Waals surface area contributed by atoms with E-state index in [9.17, 15) is 10.1 Å². The smallest absolute Gasteiger partial charge is 0.319 e. The first-order chi connectivity index (χ1) is 20.5. The standard InChI is InChI=1S/C33H37ClN6O2/c1-3-31(41)40-17-16-39(20-23(40)13-14-35)32-28-18-29(34)27(26-12-6-9-22-8-4-5-11-25(22)26)19-30(28)36-33(37-32)42-21-24-10-7-15-38(24)2/h3,6,9,12,18-19,23-24H,1,4-5,7-8,10-11,13,15-17,20-21H2,2H3. The summed E-state index contributed by atoms with van der Waals surface area (Å²) in [7, 11) is 2.13. The molecule has 3 heterocycles. The van der Waals surface area contributed by atoms with Crippen molar-refractivity contribution in [2.24, 2.45) is 0 Å². The Kier molecular flexibility index (Phi) is 8.32. The summed E-state index contributed by atoms with van der Waals surface area (Å²) in [6.07, 6.45) is 8.32. The number of aromatic nitrogens is 2. The van der Waals surface area contributed by atoms with Gasteiger partial charge in [0.2, 0.25) is 5.91 Å². The molecule has 0 saturated carbocycles. The van der Waals surface area contributed by atoms with Gasteiger partial charge in [-0.3, -0.25) is 4.79 Å². The maximum absolute atomic E-state index is 12.5.